The number of benzene rings is 1. The average molecular weight is 497 g/mol. The van der Waals surface area contributed by atoms with Gasteiger partial charge in [-0.1, -0.05) is 11.6 Å². The van der Waals surface area contributed by atoms with Crippen molar-refractivity contribution in [3.63, 3.8) is 0 Å². The normalized spacial score (nSPS) is 29.6. The van der Waals surface area contributed by atoms with Crippen molar-refractivity contribution < 1.29 is 14.3 Å². The molecule has 30 heavy (non-hydrogen) atoms. The van der Waals surface area contributed by atoms with Crippen molar-refractivity contribution in [2.75, 3.05) is 6.61 Å². The van der Waals surface area contributed by atoms with E-state index in [-0.39, 0.29) is 24.5 Å². The average Bonchev–Trinajstić information content (AvgIpc) is 2.64. The van der Waals surface area contributed by atoms with Crippen LogP contribution in [-0.4, -0.2) is 29.7 Å². The van der Waals surface area contributed by atoms with Gasteiger partial charge in [0.05, 0.1) is 10.9 Å². The van der Waals surface area contributed by atoms with Crippen molar-refractivity contribution in [2.45, 2.75) is 57.4 Å². The van der Waals surface area contributed by atoms with Crippen molar-refractivity contribution in [1.82, 2.24) is 10.7 Å². The lowest BCUT2D eigenvalue weighted by Crippen LogP contribution is -2.60. The van der Waals surface area contributed by atoms with Gasteiger partial charge in [-0.3, -0.25) is 9.59 Å². The van der Waals surface area contributed by atoms with Gasteiger partial charge in [-0.15, -0.1) is 0 Å². The van der Waals surface area contributed by atoms with E-state index in [2.05, 4.69) is 31.8 Å². The van der Waals surface area contributed by atoms with Crippen molar-refractivity contribution >= 4 is 45.1 Å². The quantitative estimate of drug-likeness (QED) is 0.432. The number of rotatable bonds is 7. The fraction of sp³-hybridized carbons (Fsp3) is 0.591. The molecule has 4 bridgehead atoms. The molecule has 4 aliphatic rings. The number of hydrazone groups is 1. The van der Waals surface area contributed by atoms with Gasteiger partial charge in [0.1, 0.15) is 5.75 Å². The van der Waals surface area contributed by atoms with Crippen molar-refractivity contribution in [1.29, 1.82) is 0 Å². The second kappa shape index (κ2) is 8.87. The maximum Gasteiger partial charge on any atom is 0.277 e. The van der Waals surface area contributed by atoms with E-state index in [9.17, 15) is 9.59 Å². The Morgan fingerprint density at radius 1 is 1.17 bits per heavy atom. The minimum absolute atomic E-state index is 0.00479. The van der Waals surface area contributed by atoms with Gasteiger partial charge < -0.3 is 10.1 Å². The van der Waals surface area contributed by atoms with Gasteiger partial charge >= 0.3 is 0 Å². The first-order valence-corrected chi connectivity index (χ1v) is 11.7. The second-order valence-electron chi connectivity index (χ2n) is 9.17. The highest BCUT2D eigenvalue weighted by Gasteiger charge is 2.51. The predicted molar refractivity (Wildman–Crippen MR) is 120 cm³/mol. The summed E-state index contributed by atoms with van der Waals surface area (Å²) in [6, 6.07) is 5.06. The summed E-state index contributed by atoms with van der Waals surface area (Å²) in [7, 11) is 0. The lowest BCUT2D eigenvalue weighted by atomic mass is 9.53. The van der Waals surface area contributed by atoms with Crippen LogP contribution in [0.5, 0.6) is 5.75 Å². The minimum atomic E-state index is -0.391. The van der Waals surface area contributed by atoms with Gasteiger partial charge in [0, 0.05) is 16.3 Å². The summed E-state index contributed by atoms with van der Waals surface area (Å²) < 4.78 is 6.13. The third kappa shape index (κ3) is 5.17. The molecule has 4 fully saturated rings. The minimum Gasteiger partial charge on any atom is -0.483 e. The zero-order chi connectivity index (χ0) is 21.3. The number of carbonyl (C=O) groups excluding carboxylic acids is 2. The second-order valence-corrected chi connectivity index (χ2v) is 10.5. The van der Waals surface area contributed by atoms with E-state index in [1.165, 1.54) is 19.3 Å². The lowest BCUT2D eigenvalue weighted by Gasteiger charge is -2.56. The van der Waals surface area contributed by atoms with Crippen LogP contribution in [0.15, 0.2) is 27.8 Å². The molecule has 0 aliphatic heterocycles. The molecule has 4 aliphatic carbocycles. The van der Waals surface area contributed by atoms with Crippen LogP contribution in [0.3, 0.4) is 0 Å². The van der Waals surface area contributed by atoms with E-state index in [1.54, 1.807) is 25.1 Å². The highest BCUT2D eigenvalue weighted by atomic mass is 79.9. The van der Waals surface area contributed by atoms with E-state index in [0.29, 0.717) is 21.0 Å². The number of hydrogen-bond acceptors (Lipinski definition) is 4. The molecule has 2 amide bonds. The standard InChI is InChI=1S/C22H27BrClN3O3/c1-13(26-27-21(29)12-30-19-3-2-17(24)8-18(19)23)4-20(28)25-22-9-14-5-15(10-22)7-16(6-14)11-22/h2-3,8,14-16H,4-7,9-12H2,1H3,(H,25,28)(H,27,29)/b26-13+. The molecule has 162 valence electrons. The van der Waals surface area contributed by atoms with Crippen LogP contribution in [0.25, 0.3) is 0 Å². The fourth-order valence-electron chi connectivity index (χ4n) is 5.80. The molecule has 8 heteroatoms. The van der Waals surface area contributed by atoms with Crippen molar-refractivity contribution in [3.05, 3.63) is 27.7 Å². The number of ether oxygens (including phenoxy) is 1. The summed E-state index contributed by atoms with van der Waals surface area (Å²) >= 11 is 9.23. The Morgan fingerprint density at radius 3 is 2.40 bits per heavy atom. The first kappa shape index (κ1) is 21.6. The van der Waals surface area contributed by atoms with Crippen molar-refractivity contribution in [3.8, 4) is 5.75 Å². The molecule has 5 rings (SSSR count). The highest BCUT2D eigenvalue weighted by Crippen LogP contribution is 2.55. The van der Waals surface area contributed by atoms with E-state index in [1.807, 2.05) is 0 Å². The molecule has 1 aromatic rings. The maximum atomic E-state index is 12.6. The topological polar surface area (TPSA) is 79.8 Å². The van der Waals surface area contributed by atoms with Gasteiger partial charge in [-0.2, -0.15) is 5.10 Å². The number of carbonyl (C=O) groups is 2. The molecule has 0 unspecified atom stereocenters. The Bertz CT molecular complexity index is 838. The van der Waals surface area contributed by atoms with Gasteiger partial charge in [0.25, 0.3) is 5.91 Å². The molecular formula is C22H27BrClN3O3. The van der Waals surface area contributed by atoms with Crippen LogP contribution in [-0.2, 0) is 9.59 Å². The van der Waals surface area contributed by atoms with E-state index in [0.717, 1.165) is 37.0 Å². The van der Waals surface area contributed by atoms with Crippen LogP contribution in [0.1, 0.15) is 51.9 Å². The SMILES string of the molecule is C/C(CC(=O)NC12CC3CC(CC(C3)C1)C2)=N\NC(=O)COc1ccc(Cl)cc1Br. The van der Waals surface area contributed by atoms with E-state index >= 15 is 0 Å². The molecule has 2 N–H and O–H groups in total. The molecule has 6 nitrogen and oxygen atoms in total. The van der Waals surface area contributed by atoms with Crippen LogP contribution >= 0.6 is 27.5 Å². The number of hydrogen-bond donors (Lipinski definition) is 2. The van der Waals surface area contributed by atoms with Crippen LogP contribution in [0.4, 0.5) is 0 Å². The molecule has 4 saturated carbocycles. The highest BCUT2D eigenvalue weighted by molar-refractivity contribution is 9.10. The molecule has 0 atom stereocenters. The van der Waals surface area contributed by atoms with Gasteiger partial charge in [0.2, 0.25) is 5.91 Å². The zero-order valence-corrected chi connectivity index (χ0v) is 19.4. The molecule has 0 aromatic heterocycles. The monoisotopic (exact) mass is 495 g/mol. The third-order valence-corrected chi connectivity index (χ3v) is 7.34. The number of amides is 2. The zero-order valence-electron chi connectivity index (χ0n) is 17.0. The molecule has 0 radical (unpaired) electrons. The van der Waals surface area contributed by atoms with Gasteiger partial charge in [-0.05, 0) is 97.3 Å². The smallest absolute Gasteiger partial charge is 0.277 e. The fourth-order valence-corrected chi connectivity index (χ4v) is 6.60. The van der Waals surface area contributed by atoms with Gasteiger partial charge in [0.15, 0.2) is 6.61 Å². The Kier molecular flexibility index (Phi) is 6.39. The van der Waals surface area contributed by atoms with Crippen LogP contribution in [0, 0.1) is 17.8 Å². The predicted octanol–water partition coefficient (Wildman–Crippen LogP) is 4.45. The van der Waals surface area contributed by atoms with Crippen molar-refractivity contribution in [2.24, 2.45) is 22.9 Å². The first-order chi connectivity index (χ1) is 14.3. The summed E-state index contributed by atoms with van der Waals surface area (Å²) in [5.41, 5.74) is 3.01. The lowest BCUT2D eigenvalue weighted by molar-refractivity contribution is -0.126. The number of nitrogens with one attached hydrogen (secondary N) is 2. The van der Waals surface area contributed by atoms with Crippen LogP contribution in [0.2, 0.25) is 5.02 Å². The Morgan fingerprint density at radius 2 is 1.80 bits per heavy atom. The van der Waals surface area contributed by atoms with Crippen LogP contribution < -0.4 is 15.5 Å². The Hall–Kier alpha value is -1.60. The summed E-state index contributed by atoms with van der Waals surface area (Å²) in [4.78, 5) is 24.6. The largest absolute Gasteiger partial charge is 0.483 e. The summed E-state index contributed by atoms with van der Waals surface area (Å²) in [6.45, 7) is 1.56. The Balaban J connectivity index is 1.23. The molecule has 0 spiro atoms. The molecular weight excluding hydrogens is 470 g/mol. The molecule has 1 aromatic carbocycles. The summed E-state index contributed by atoms with van der Waals surface area (Å²) in [5, 5.41) is 7.95. The Labute approximate surface area is 190 Å². The molecule has 0 heterocycles. The third-order valence-electron chi connectivity index (χ3n) is 6.48. The number of nitrogens with zero attached hydrogens (tertiary/aromatic N) is 1. The van der Waals surface area contributed by atoms with Gasteiger partial charge in [-0.25, -0.2) is 5.43 Å². The maximum absolute atomic E-state index is 12.6. The summed E-state index contributed by atoms with van der Waals surface area (Å²) in [6.07, 6.45) is 7.58. The van der Waals surface area contributed by atoms with E-state index < -0.39 is 5.91 Å². The van der Waals surface area contributed by atoms with E-state index in [4.69, 9.17) is 16.3 Å². The summed E-state index contributed by atoms with van der Waals surface area (Å²) in [5.74, 6) is 2.47. The molecule has 0 saturated heterocycles. The number of halogens is 2. The first-order valence-electron chi connectivity index (χ1n) is 10.5.